The molecule has 1 aromatic heterocycles. The molecule has 0 spiro atoms. The summed E-state index contributed by atoms with van der Waals surface area (Å²) < 4.78 is 24.2. The van der Waals surface area contributed by atoms with Crippen molar-refractivity contribution < 1.29 is 18.3 Å². The maximum Gasteiger partial charge on any atom is 0.257 e. The fourth-order valence-corrected chi connectivity index (χ4v) is 2.77. The molecule has 0 bridgehead atoms. The van der Waals surface area contributed by atoms with Gasteiger partial charge in [0, 0.05) is 24.6 Å². The minimum absolute atomic E-state index is 0.00202. The SMILES string of the molecule is C=C(CCNC(=O)COc1ccc(Cl)c(F)c1)c1nnc(CC2CCC2)o1. The van der Waals surface area contributed by atoms with Crippen LogP contribution in [0.25, 0.3) is 5.57 Å². The quantitative estimate of drug-likeness (QED) is 0.701. The zero-order valence-electron chi connectivity index (χ0n) is 14.8. The van der Waals surface area contributed by atoms with Crippen molar-refractivity contribution >= 4 is 23.1 Å². The normalized spacial score (nSPS) is 13.9. The third kappa shape index (κ3) is 5.53. The Balaban J connectivity index is 1.36. The van der Waals surface area contributed by atoms with Crippen LogP contribution in [0.2, 0.25) is 5.02 Å². The molecule has 0 unspecified atom stereocenters. The van der Waals surface area contributed by atoms with E-state index < -0.39 is 5.82 Å². The average Bonchev–Trinajstić information content (AvgIpc) is 3.08. The topological polar surface area (TPSA) is 77.2 Å². The van der Waals surface area contributed by atoms with Crippen molar-refractivity contribution in [3.63, 3.8) is 0 Å². The van der Waals surface area contributed by atoms with E-state index in [1.807, 2.05) is 0 Å². The smallest absolute Gasteiger partial charge is 0.257 e. The van der Waals surface area contributed by atoms with E-state index in [9.17, 15) is 9.18 Å². The van der Waals surface area contributed by atoms with Crippen molar-refractivity contribution in [2.24, 2.45) is 5.92 Å². The standard InChI is InChI=1S/C19H21ClFN3O3/c1-12(19-24-23-18(27-19)9-13-3-2-4-13)7-8-22-17(25)11-26-14-5-6-15(20)16(21)10-14/h5-6,10,13H,1-4,7-9,11H2,(H,22,25). The molecule has 0 saturated heterocycles. The molecule has 27 heavy (non-hydrogen) atoms. The van der Waals surface area contributed by atoms with Crippen LogP contribution in [0.4, 0.5) is 4.39 Å². The summed E-state index contributed by atoms with van der Waals surface area (Å²) in [6, 6.07) is 4.00. The van der Waals surface area contributed by atoms with Crippen LogP contribution in [-0.2, 0) is 11.2 Å². The minimum Gasteiger partial charge on any atom is -0.484 e. The highest BCUT2D eigenvalue weighted by molar-refractivity contribution is 6.30. The van der Waals surface area contributed by atoms with Crippen LogP contribution in [0.15, 0.2) is 29.2 Å². The van der Waals surface area contributed by atoms with E-state index in [0.29, 0.717) is 36.2 Å². The molecule has 0 aliphatic heterocycles. The molecule has 1 aliphatic carbocycles. The van der Waals surface area contributed by atoms with Gasteiger partial charge >= 0.3 is 0 Å². The van der Waals surface area contributed by atoms with Gasteiger partial charge in [-0.1, -0.05) is 24.6 Å². The molecule has 1 saturated carbocycles. The lowest BCUT2D eigenvalue weighted by Crippen LogP contribution is -2.29. The van der Waals surface area contributed by atoms with E-state index in [1.165, 1.54) is 31.4 Å². The molecule has 1 aliphatic rings. The van der Waals surface area contributed by atoms with Crippen LogP contribution < -0.4 is 10.1 Å². The van der Waals surface area contributed by atoms with Crippen molar-refractivity contribution in [2.75, 3.05) is 13.2 Å². The third-order valence-corrected chi connectivity index (χ3v) is 4.77. The first-order valence-electron chi connectivity index (χ1n) is 8.86. The largest absolute Gasteiger partial charge is 0.484 e. The lowest BCUT2D eigenvalue weighted by Gasteiger charge is -2.23. The van der Waals surface area contributed by atoms with Gasteiger partial charge in [0.15, 0.2) is 6.61 Å². The van der Waals surface area contributed by atoms with Crippen LogP contribution in [-0.4, -0.2) is 29.3 Å². The summed E-state index contributed by atoms with van der Waals surface area (Å²) in [5.41, 5.74) is 0.670. The van der Waals surface area contributed by atoms with Gasteiger partial charge in [-0.15, -0.1) is 10.2 Å². The van der Waals surface area contributed by atoms with Gasteiger partial charge in [-0.05, 0) is 37.3 Å². The number of ether oxygens (including phenoxy) is 1. The minimum atomic E-state index is -0.595. The monoisotopic (exact) mass is 393 g/mol. The van der Waals surface area contributed by atoms with Crippen molar-refractivity contribution in [3.8, 4) is 5.75 Å². The van der Waals surface area contributed by atoms with E-state index in [4.69, 9.17) is 20.8 Å². The Bertz CT molecular complexity index is 820. The summed E-state index contributed by atoms with van der Waals surface area (Å²) in [6.45, 7) is 4.06. The van der Waals surface area contributed by atoms with E-state index >= 15 is 0 Å². The first-order valence-corrected chi connectivity index (χ1v) is 9.24. The number of carbonyl (C=O) groups excluding carboxylic acids is 1. The van der Waals surface area contributed by atoms with E-state index in [2.05, 4.69) is 22.1 Å². The van der Waals surface area contributed by atoms with Gasteiger partial charge in [-0.2, -0.15) is 0 Å². The molecule has 1 fully saturated rings. The lowest BCUT2D eigenvalue weighted by molar-refractivity contribution is -0.123. The van der Waals surface area contributed by atoms with E-state index in [0.717, 1.165) is 12.5 Å². The summed E-state index contributed by atoms with van der Waals surface area (Å²) in [6.07, 6.45) is 5.01. The Labute approximate surface area is 161 Å². The summed E-state index contributed by atoms with van der Waals surface area (Å²) in [7, 11) is 0. The second kappa shape index (κ2) is 8.99. The fourth-order valence-electron chi connectivity index (χ4n) is 2.65. The Kier molecular flexibility index (Phi) is 6.45. The summed E-state index contributed by atoms with van der Waals surface area (Å²) >= 11 is 5.59. The lowest BCUT2D eigenvalue weighted by atomic mass is 9.83. The molecule has 1 N–H and O–H groups in total. The van der Waals surface area contributed by atoms with Gasteiger partial charge in [0.2, 0.25) is 11.8 Å². The maximum atomic E-state index is 13.3. The van der Waals surface area contributed by atoms with Crippen molar-refractivity contribution in [1.29, 1.82) is 0 Å². The van der Waals surface area contributed by atoms with Gasteiger partial charge in [-0.3, -0.25) is 4.79 Å². The molecule has 144 valence electrons. The van der Waals surface area contributed by atoms with Crippen molar-refractivity contribution in [3.05, 3.63) is 47.4 Å². The number of rotatable bonds is 9. The summed E-state index contributed by atoms with van der Waals surface area (Å²) in [5.74, 6) is 1.02. The third-order valence-electron chi connectivity index (χ3n) is 4.47. The molecule has 1 heterocycles. The predicted octanol–water partition coefficient (Wildman–Crippen LogP) is 3.80. The van der Waals surface area contributed by atoms with Crippen LogP contribution in [0.1, 0.15) is 37.5 Å². The summed E-state index contributed by atoms with van der Waals surface area (Å²) in [5, 5.41) is 10.8. The number of hydrogen-bond donors (Lipinski definition) is 1. The van der Waals surface area contributed by atoms with Crippen molar-refractivity contribution in [2.45, 2.75) is 32.1 Å². The average molecular weight is 394 g/mol. The molecular weight excluding hydrogens is 373 g/mol. The molecule has 0 radical (unpaired) electrons. The van der Waals surface area contributed by atoms with Gasteiger partial charge in [-0.25, -0.2) is 4.39 Å². The zero-order valence-corrected chi connectivity index (χ0v) is 15.6. The molecule has 0 atom stereocenters. The van der Waals surface area contributed by atoms with Gasteiger partial charge < -0.3 is 14.5 Å². The Morgan fingerprint density at radius 1 is 1.41 bits per heavy atom. The fraction of sp³-hybridized carbons (Fsp3) is 0.421. The highest BCUT2D eigenvalue weighted by Crippen LogP contribution is 2.29. The van der Waals surface area contributed by atoms with E-state index in [1.54, 1.807) is 0 Å². The van der Waals surface area contributed by atoms with Gasteiger partial charge in [0.25, 0.3) is 5.91 Å². The molecule has 6 nitrogen and oxygen atoms in total. The van der Waals surface area contributed by atoms with Crippen LogP contribution in [0, 0.1) is 11.7 Å². The zero-order chi connectivity index (χ0) is 19.2. The molecule has 3 rings (SSSR count). The van der Waals surface area contributed by atoms with Crippen molar-refractivity contribution in [1.82, 2.24) is 15.5 Å². The second-order valence-corrected chi connectivity index (χ2v) is 6.98. The first kappa shape index (κ1) is 19.4. The highest BCUT2D eigenvalue weighted by atomic mass is 35.5. The van der Waals surface area contributed by atoms with Crippen LogP contribution in [0.3, 0.4) is 0 Å². The maximum absolute atomic E-state index is 13.3. The number of aromatic nitrogens is 2. The first-order chi connectivity index (χ1) is 13.0. The number of hydrogen-bond acceptors (Lipinski definition) is 5. The molecule has 2 aromatic rings. The Hall–Kier alpha value is -2.41. The van der Waals surface area contributed by atoms with Gasteiger partial charge in [0.1, 0.15) is 11.6 Å². The number of carbonyl (C=O) groups is 1. The number of benzene rings is 1. The number of nitrogens with one attached hydrogen (secondary N) is 1. The number of nitrogens with zero attached hydrogens (tertiary/aromatic N) is 2. The number of halogens is 2. The van der Waals surface area contributed by atoms with Gasteiger partial charge in [0.05, 0.1) is 5.02 Å². The molecular formula is C19H21ClFN3O3. The second-order valence-electron chi connectivity index (χ2n) is 6.57. The summed E-state index contributed by atoms with van der Waals surface area (Å²) in [4.78, 5) is 11.8. The predicted molar refractivity (Wildman–Crippen MR) is 98.9 cm³/mol. The molecule has 8 heteroatoms. The molecule has 1 aromatic carbocycles. The number of amides is 1. The van der Waals surface area contributed by atoms with E-state index in [-0.39, 0.29) is 23.3 Å². The molecule has 1 amide bonds. The highest BCUT2D eigenvalue weighted by Gasteiger charge is 2.21. The van der Waals surface area contributed by atoms with Crippen LogP contribution >= 0.6 is 11.6 Å². The Morgan fingerprint density at radius 2 is 2.22 bits per heavy atom. The Morgan fingerprint density at radius 3 is 2.93 bits per heavy atom. The van der Waals surface area contributed by atoms with Crippen LogP contribution in [0.5, 0.6) is 5.75 Å².